The van der Waals surface area contributed by atoms with E-state index in [0.717, 1.165) is 31.4 Å². The van der Waals surface area contributed by atoms with E-state index >= 15 is 0 Å². The van der Waals surface area contributed by atoms with E-state index in [9.17, 15) is 13.6 Å². The molecule has 0 spiro atoms. The summed E-state index contributed by atoms with van der Waals surface area (Å²) in [6.45, 7) is 0.570. The van der Waals surface area contributed by atoms with Crippen LogP contribution in [0.2, 0.25) is 0 Å². The second-order valence-corrected chi connectivity index (χ2v) is 6.21. The van der Waals surface area contributed by atoms with Gasteiger partial charge >= 0.3 is 0 Å². The Morgan fingerprint density at radius 1 is 1.15 bits per heavy atom. The van der Waals surface area contributed by atoms with Gasteiger partial charge in [0.2, 0.25) is 0 Å². The van der Waals surface area contributed by atoms with Gasteiger partial charge in [0, 0.05) is 17.7 Å². The van der Waals surface area contributed by atoms with Crippen molar-refractivity contribution in [2.75, 3.05) is 6.54 Å². The third kappa shape index (κ3) is 4.71. The minimum Gasteiger partial charge on any atom is -0.454 e. The minimum absolute atomic E-state index is 0. The van der Waals surface area contributed by atoms with Crippen LogP contribution < -0.4 is 15.8 Å². The molecule has 1 aliphatic rings. The Hall–Kier alpha value is -2.18. The van der Waals surface area contributed by atoms with E-state index in [1.165, 1.54) is 6.07 Å². The molecule has 2 aromatic carbocycles. The molecule has 26 heavy (non-hydrogen) atoms. The minimum atomic E-state index is -0.782. The zero-order valence-corrected chi connectivity index (χ0v) is 14.9. The maximum absolute atomic E-state index is 13.6. The topological polar surface area (TPSA) is 64.3 Å². The second-order valence-electron chi connectivity index (χ2n) is 6.21. The van der Waals surface area contributed by atoms with Gasteiger partial charge in [0.05, 0.1) is 0 Å². The third-order valence-corrected chi connectivity index (χ3v) is 4.52. The summed E-state index contributed by atoms with van der Waals surface area (Å²) in [6.07, 6.45) is 3.05. The number of amides is 1. The molecule has 1 amide bonds. The van der Waals surface area contributed by atoms with Crippen LogP contribution in [0.1, 0.15) is 29.6 Å². The van der Waals surface area contributed by atoms with Crippen LogP contribution in [0.25, 0.3) is 0 Å². The molecule has 0 bridgehead atoms. The maximum Gasteiger partial charge on any atom is 0.251 e. The summed E-state index contributed by atoms with van der Waals surface area (Å²) >= 11 is 0. The molecular formula is C19H21ClF2N2O2. The van der Waals surface area contributed by atoms with Crippen LogP contribution in [0.3, 0.4) is 0 Å². The second kappa shape index (κ2) is 8.96. The van der Waals surface area contributed by atoms with Crippen LogP contribution in [-0.2, 0) is 0 Å². The first kappa shape index (κ1) is 20.1. The number of benzene rings is 2. The summed E-state index contributed by atoms with van der Waals surface area (Å²) in [5, 5.41) is 3.02. The molecule has 2 aromatic rings. The summed E-state index contributed by atoms with van der Waals surface area (Å²) in [7, 11) is 0. The molecule has 3 rings (SSSR count). The lowest BCUT2D eigenvalue weighted by Gasteiger charge is -2.19. The standard InChI is InChI=1S/C19H20F2N2O2.ClH/c20-14-6-9-18(16(21)10-14)25-15-7-4-12(5-8-15)19(24)23-17-3-1-2-13(17)11-22;/h4-10,13,17H,1-3,11,22H2,(H,23,24);1H. The first-order valence-electron chi connectivity index (χ1n) is 8.30. The molecule has 1 saturated carbocycles. The van der Waals surface area contributed by atoms with Crippen molar-refractivity contribution >= 4 is 18.3 Å². The van der Waals surface area contributed by atoms with E-state index in [4.69, 9.17) is 10.5 Å². The van der Waals surface area contributed by atoms with Crippen molar-refractivity contribution in [1.82, 2.24) is 5.32 Å². The van der Waals surface area contributed by atoms with Gasteiger partial charge < -0.3 is 15.8 Å². The highest BCUT2D eigenvalue weighted by Gasteiger charge is 2.27. The normalized spacial score (nSPS) is 18.9. The fraction of sp³-hybridized carbons (Fsp3) is 0.316. The number of carbonyl (C=O) groups is 1. The summed E-state index contributed by atoms with van der Waals surface area (Å²) < 4.78 is 31.9. The highest BCUT2D eigenvalue weighted by atomic mass is 35.5. The van der Waals surface area contributed by atoms with Gasteiger partial charge in [-0.15, -0.1) is 12.4 Å². The van der Waals surface area contributed by atoms with Crippen LogP contribution in [0, 0.1) is 17.6 Å². The number of halogens is 3. The average Bonchev–Trinajstić information content (AvgIpc) is 3.05. The van der Waals surface area contributed by atoms with Crippen LogP contribution >= 0.6 is 12.4 Å². The van der Waals surface area contributed by atoms with Gasteiger partial charge in [-0.05, 0) is 61.7 Å². The Balaban J connectivity index is 0.00000243. The third-order valence-electron chi connectivity index (χ3n) is 4.52. The van der Waals surface area contributed by atoms with Crippen molar-refractivity contribution in [2.45, 2.75) is 25.3 Å². The van der Waals surface area contributed by atoms with Crippen molar-refractivity contribution < 1.29 is 18.3 Å². The molecule has 140 valence electrons. The molecule has 2 atom stereocenters. The molecule has 0 radical (unpaired) electrons. The number of ether oxygens (including phenoxy) is 1. The van der Waals surface area contributed by atoms with Gasteiger partial charge in [0.1, 0.15) is 11.6 Å². The molecule has 0 saturated heterocycles. The number of rotatable bonds is 5. The molecule has 1 fully saturated rings. The quantitative estimate of drug-likeness (QED) is 0.820. The fourth-order valence-corrected chi connectivity index (χ4v) is 3.12. The molecule has 7 heteroatoms. The van der Waals surface area contributed by atoms with Gasteiger partial charge in [-0.1, -0.05) is 6.42 Å². The number of nitrogens with one attached hydrogen (secondary N) is 1. The van der Waals surface area contributed by atoms with Crippen molar-refractivity contribution in [3.8, 4) is 11.5 Å². The summed E-state index contributed by atoms with van der Waals surface area (Å²) in [6, 6.07) is 9.58. The lowest BCUT2D eigenvalue weighted by atomic mass is 10.0. The molecule has 0 aromatic heterocycles. The molecule has 4 nitrogen and oxygen atoms in total. The Morgan fingerprint density at radius 2 is 1.88 bits per heavy atom. The molecular weight excluding hydrogens is 362 g/mol. The predicted molar refractivity (Wildman–Crippen MR) is 97.8 cm³/mol. The number of hydrogen-bond acceptors (Lipinski definition) is 3. The number of hydrogen-bond donors (Lipinski definition) is 2. The van der Waals surface area contributed by atoms with E-state index < -0.39 is 11.6 Å². The molecule has 2 unspecified atom stereocenters. The Labute approximate surface area is 157 Å². The first-order chi connectivity index (χ1) is 12.1. The lowest BCUT2D eigenvalue weighted by molar-refractivity contribution is 0.0929. The molecule has 1 aliphatic carbocycles. The lowest BCUT2D eigenvalue weighted by Crippen LogP contribution is -2.39. The highest BCUT2D eigenvalue weighted by Crippen LogP contribution is 2.26. The SMILES string of the molecule is Cl.NCC1CCCC1NC(=O)c1ccc(Oc2ccc(F)cc2F)cc1. The van der Waals surface area contributed by atoms with E-state index in [1.807, 2.05) is 0 Å². The van der Waals surface area contributed by atoms with Crippen molar-refractivity contribution in [3.63, 3.8) is 0 Å². The smallest absolute Gasteiger partial charge is 0.251 e. The Kier molecular flexibility index (Phi) is 6.94. The van der Waals surface area contributed by atoms with Gasteiger partial charge in [-0.25, -0.2) is 8.78 Å². The van der Waals surface area contributed by atoms with Crippen molar-refractivity contribution in [2.24, 2.45) is 11.7 Å². The number of carbonyl (C=O) groups excluding carboxylic acids is 1. The summed E-state index contributed by atoms with van der Waals surface area (Å²) in [5.74, 6) is -0.994. The van der Waals surface area contributed by atoms with Gasteiger partial charge in [-0.2, -0.15) is 0 Å². The summed E-state index contributed by atoms with van der Waals surface area (Å²) in [4.78, 5) is 12.3. The zero-order valence-electron chi connectivity index (χ0n) is 14.1. The van der Waals surface area contributed by atoms with Crippen molar-refractivity contribution in [1.29, 1.82) is 0 Å². The van der Waals surface area contributed by atoms with E-state index in [2.05, 4.69) is 5.32 Å². The van der Waals surface area contributed by atoms with Crippen LogP contribution in [0.15, 0.2) is 42.5 Å². The Bertz CT molecular complexity index is 756. The van der Waals surface area contributed by atoms with Crippen LogP contribution in [0.4, 0.5) is 8.78 Å². The van der Waals surface area contributed by atoms with E-state index in [0.29, 0.717) is 23.8 Å². The fourth-order valence-electron chi connectivity index (χ4n) is 3.12. The summed E-state index contributed by atoms with van der Waals surface area (Å²) in [5.41, 5.74) is 6.23. The van der Waals surface area contributed by atoms with Gasteiger partial charge in [0.15, 0.2) is 11.6 Å². The maximum atomic E-state index is 13.6. The largest absolute Gasteiger partial charge is 0.454 e. The predicted octanol–water partition coefficient (Wildman–Crippen LogP) is 4.04. The average molecular weight is 383 g/mol. The van der Waals surface area contributed by atoms with Crippen molar-refractivity contribution in [3.05, 3.63) is 59.7 Å². The van der Waals surface area contributed by atoms with Gasteiger partial charge in [-0.3, -0.25) is 4.79 Å². The molecule has 0 heterocycles. The first-order valence-corrected chi connectivity index (χ1v) is 8.30. The van der Waals surface area contributed by atoms with Gasteiger partial charge in [0.25, 0.3) is 5.91 Å². The van der Waals surface area contributed by atoms with E-state index in [-0.39, 0.29) is 30.1 Å². The van der Waals surface area contributed by atoms with Crippen LogP contribution in [0.5, 0.6) is 11.5 Å². The highest BCUT2D eigenvalue weighted by molar-refractivity contribution is 5.94. The number of nitrogens with two attached hydrogens (primary N) is 1. The monoisotopic (exact) mass is 382 g/mol. The zero-order chi connectivity index (χ0) is 17.8. The van der Waals surface area contributed by atoms with Crippen LogP contribution in [-0.4, -0.2) is 18.5 Å². The molecule has 0 aliphatic heterocycles. The van der Waals surface area contributed by atoms with E-state index in [1.54, 1.807) is 24.3 Å². The molecule has 3 N–H and O–H groups in total. The Morgan fingerprint density at radius 3 is 2.54 bits per heavy atom.